The summed E-state index contributed by atoms with van der Waals surface area (Å²) in [6.45, 7) is 2.27. The van der Waals surface area contributed by atoms with E-state index < -0.39 is 0 Å². The first-order valence-electron chi connectivity index (χ1n) is 8.23. The highest BCUT2D eigenvalue weighted by atomic mass is 16.5. The van der Waals surface area contributed by atoms with Crippen molar-refractivity contribution in [1.82, 2.24) is 10.4 Å². The van der Waals surface area contributed by atoms with E-state index in [0.29, 0.717) is 5.92 Å². The van der Waals surface area contributed by atoms with Gasteiger partial charge >= 0.3 is 0 Å². The van der Waals surface area contributed by atoms with Gasteiger partial charge in [0.2, 0.25) is 0 Å². The second kappa shape index (κ2) is 8.35. The molecule has 1 atom stereocenters. The first kappa shape index (κ1) is 16.2. The van der Waals surface area contributed by atoms with Gasteiger partial charge in [-0.25, -0.2) is 0 Å². The summed E-state index contributed by atoms with van der Waals surface area (Å²) in [6, 6.07) is 2.22. The number of nitrogens with one attached hydrogen (secondary N) is 1. The number of hydrogen-bond donors (Lipinski definition) is 2. The van der Waals surface area contributed by atoms with E-state index in [2.05, 4.69) is 17.3 Å². The quantitative estimate of drug-likeness (QED) is 0.595. The Hall–Kier alpha value is -1.13. The van der Waals surface area contributed by atoms with Crippen LogP contribution in [-0.2, 0) is 0 Å². The molecule has 1 unspecified atom stereocenters. The summed E-state index contributed by atoms with van der Waals surface area (Å²) >= 11 is 0. The van der Waals surface area contributed by atoms with Gasteiger partial charge in [-0.05, 0) is 36.3 Å². The predicted molar refractivity (Wildman–Crippen MR) is 85.8 cm³/mol. The van der Waals surface area contributed by atoms with Crippen LogP contribution in [0.1, 0.15) is 63.5 Å². The van der Waals surface area contributed by atoms with Crippen LogP contribution in [-0.4, -0.2) is 12.1 Å². The molecule has 4 heteroatoms. The van der Waals surface area contributed by atoms with Crippen molar-refractivity contribution in [1.29, 1.82) is 0 Å². The van der Waals surface area contributed by atoms with E-state index in [1.165, 1.54) is 44.9 Å². The van der Waals surface area contributed by atoms with E-state index in [0.717, 1.165) is 17.2 Å². The molecule has 1 aromatic rings. The molecular formula is C17H29N3O. The normalized spacial score (nSPS) is 23.8. The van der Waals surface area contributed by atoms with Crippen molar-refractivity contribution in [2.75, 3.05) is 7.11 Å². The van der Waals surface area contributed by atoms with Gasteiger partial charge in [0.05, 0.1) is 19.3 Å². The number of nitrogens with zero attached hydrogens (tertiary/aromatic N) is 1. The molecule has 0 saturated heterocycles. The van der Waals surface area contributed by atoms with E-state index >= 15 is 0 Å². The number of unbranched alkanes of at least 4 members (excludes halogenated alkanes) is 1. The third-order valence-corrected chi connectivity index (χ3v) is 4.84. The fourth-order valence-corrected chi connectivity index (χ4v) is 3.52. The molecule has 1 aromatic heterocycles. The molecule has 21 heavy (non-hydrogen) atoms. The molecule has 1 aliphatic carbocycles. The minimum absolute atomic E-state index is 0.180. The second-order valence-electron chi connectivity index (χ2n) is 6.23. The highest BCUT2D eigenvalue weighted by molar-refractivity contribution is 5.26. The molecule has 0 amide bonds. The average Bonchev–Trinajstić information content (AvgIpc) is 2.55. The van der Waals surface area contributed by atoms with Crippen LogP contribution in [0.2, 0.25) is 0 Å². The minimum Gasteiger partial charge on any atom is -0.495 e. The zero-order valence-electron chi connectivity index (χ0n) is 13.3. The van der Waals surface area contributed by atoms with Gasteiger partial charge < -0.3 is 4.74 Å². The lowest BCUT2D eigenvalue weighted by atomic mass is 9.75. The van der Waals surface area contributed by atoms with Crippen LogP contribution in [0.4, 0.5) is 0 Å². The van der Waals surface area contributed by atoms with Crippen molar-refractivity contribution >= 4 is 0 Å². The Kier molecular flexibility index (Phi) is 6.46. The molecule has 1 saturated carbocycles. The summed E-state index contributed by atoms with van der Waals surface area (Å²) in [4.78, 5) is 4.25. The minimum atomic E-state index is 0.180. The van der Waals surface area contributed by atoms with Crippen molar-refractivity contribution in [3.63, 3.8) is 0 Å². The molecule has 2 rings (SSSR count). The molecule has 118 valence electrons. The van der Waals surface area contributed by atoms with Crippen molar-refractivity contribution in [3.8, 4) is 5.75 Å². The number of rotatable bonds is 7. The van der Waals surface area contributed by atoms with Crippen molar-refractivity contribution in [2.24, 2.45) is 17.7 Å². The van der Waals surface area contributed by atoms with Crippen LogP contribution < -0.4 is 16.0 Å². The molecule has 4 nitrogen and oxygen atoms in total. The summed E-state index contributed by atoms with van der Waals surface area (Å²) in [5.41, 5.74) is 4.14. The fourth-order valence-electron chi connectivity index (χ4n) is 3.52. The van der Waals surface area contributed by atoms with Gasteiger partial charge in [-0.2, -0.15) is 0 Å². The number of hydrazine groups is 1. The topological polar surface area (TPSA) is 60.2 Å². The molecule has 1 heterocycles. The van der Waals surface area contributed by atoms with Crippen LogP contribution >= 0.6 is 0 Å². The molecule has 1 aliphatic rings. The molecule has 1 fully saturated rings. The molecule has 0 aromatic carbocycles. The maximum absolute atomic E-state index is 5.82. The SMILES string of the molecule is CCCCC1CCC(C(NN)c2cncc(OC)c2)CC1. The summed E-state index contributed by atoms with van der Waals surface area (Å²) in [6.07, 6.45) is 12.9. The standard InChI is InChI=1S/C17H29N3O/c1-3-4-5-13-6-8-14(9-7-13)17(20-18)15-10-16(21-2)12-19-11-15/h10-14,17,20H,3-9,18H2,1-2H3. The van der Waals surface area contributed by atoms with Crippen LogP contribution in [0, 0.1) is 11.8 Å². The Bertz CT molecular complexity index is 416. The van der Waals surface area contributed by atoms with Gasteiger partial charge in [0.1, 0.15) is 5.75 Å². The van der Waals surface area contributed by atoms with E-state index in [1.807, 2.05) is 12.3 Å². The van der Waals surface area contributed by atoms with E-state index in [4.69, 9.17) is 10.6 Å². The molecular weight excluding hydrogens is 262 g/mol. The van der Waals surface area contributed by atoms with Crippen LogP contribution in [0.25, 0.3) is 0 Å². The largest absolute Gasteiger partial charge is 0.495 e. The number of pyridine rings is 1. The first-order valence-corrected chi connectivity index (χ1v) is 8.23. The Balaban J connectivity index is 1.96. The van der Waals surface area contributed by atoms with Gasteiger partial charge in [-0.3, -0.25) is 16.3 Å². The third kappa shape index (κ3) is 4.42. The van der Waals surface area contributed by atoms with Crippen LogP contribution in [0.15, 0.2) is 18.5 Å². The predicted octanol–water partition coefficient (Wildman–Crippen LogP) is 3.59. The third-order valence-electron chi connectivity index (χ3n) is 4.84. The van der Waals surface area contributed by atoms with Crippen molar-refractivity contribution in [2.45, 2.75) is 57.9 Å². The van der Waals surface area contributed by atoms with Gasteiger partial charge in [0, 0.05) is 6.20 Å². The lowest BCUT2D eigenvalue weighted by Crippen LogP contribution is -2.35. The monoisotopic (exact) mass is 291 g/mol. The summed E-state index contributed by atoms with van der Waals surface area (Å²) in [5.74, 6) is 8.14. The lowest BCUT2D eigenvalue weighted by Gasteiger charge is -2.33. The van der Waals surface area contributed by atoms with Crippen molar-refractivity contribution < 1.29 is 4.74 Å². The average molecular weight is 291 g/mol. The van der Waals surface area contributed by atoms with E-state index in [9.17, 15) is 0 Å². The smallest absolute Gasteiger partial charge is 0.137 e. The van der Waals surface area contributed by atoms with Gasteiger partial charge in [-0.15, -0.1) is 0 Å². The summed E-state index contributed by atoms with van der Waals surface area (Å²) in [5, 5.41) is 0. The van der Waals surface area contributed by atoms with E-state index in [1.54, 1.807) is 13.3 Å². The van der Waals surface area contributed by atoms with Crippen LogP contribution in [0.3, 0.4) is 0 Å². The second-order valence-corrected chi connectivity index (χ2v) is 6.23. The zero-order valence-corrected chi connectivity index (χ0v) is 13.3. The Morgan fingerprint density at radius 1 is 1.33 bits per heavy atom. The molecule has 0 spiro atoms. The Labute approximate surface area is 128 Å². The number of nitrogens with two attached hydrogens (primary N) is 1. The fraction of sp³-hybridized carbons (Fsp3) is 0.706. The van der Waals surface area contributed by atoms with Crippen molar-refractivity contribution in [3.05, 3.63) is 24.0 Å². The number of methoxy groups -OCH3 is 1. The highest BCUT2D eigenvalue weighted by Gasteiger charge is 2.28. The molecule has 3 N–H and O–H groups in total. The lowest BCUT2D eigenvalue weighted by molar-refractivity contribution is 0.213. The first-order chi connectivity index (χ1) is 10.3. The van der Waals surface area contributed by atoms with Crippen LogP contribution in [0.5, 0.6) is 5.75 Å². The highest BCUT2D eigenvalue weighted by Crippen LogP contribution is 2.38. The van der Waals surface area contributed by atoms with Gasteiger partial charge in [-0.1, -0.05) is 39.0 Å². The summed E-state index contributed by atoms with van der Waals surface area (Å²) < 4.78 is 5.27. The molecule has 0 radical (unpaired) electrons. The number of hydrogen-bond acceptors (Lipinski definition) is 4. The van der Waals surface area contributed by atoms with Gasteiger partial charge in [0.25, 0.3) is 0 Å². The summed E-state index contributed by atoms with van der Waals surface area (Å²) in [7, 11) is 1.67. The molecule has 0 aliphatic heterocycles. The maximum Gasteiger partial charge on any atom is 0.137 e. The number of ether oxygens (including phenoxy) is 1. The van der Waals surface area contributed by atoms with E-state index in [-0.39, 0.29) is 6.04 Å². The Morgan fingerprint density at radius 3 is 2.71 bits per heavy atom. The van der Waals surface area contributed by atoms with Gasteiger partial charge in [0.15, 0.2) is 0 Å². The zero-order chi connectivity index (χ0) is 15.1. The number of aromatic nitrogens is 1. The Morgan fingerprint density at radius 2 is 2.10 bits per heavy atom. The molecule has 0 bridgehead atoms. The maximum atomic E-state index is 5.82.